The summed E-state index contributed by atoms with van der Waals surface area (Å²) in [5.74, 6) is -0.178. The molecule has 1 aliphatic rings. The Balaban J connectivity index is 2.06. The van der Waals surface area contributed by atoms with Crippen molar-refractivity contribution in [2.45, 2.75) is 18.6 Å². The van der Waals surface area contributed by atoms with E-state index in [2.05, 4.69) is 4.99 Å². The van der Waals surface area contributed by atoms with Crippen LogP contribution in [0.15, 0.2) is 53.5 Å². The molecule has 1 heterocycles. The van der Waals surface area contributed by atoms with E-state index in [9.17, 15) is 18.0 Å². The molecular weight excluding hydrogens is 331 g/mol. The van der Waals surface area contributed by atoms with E-state index in [1.807, 2.05) is 0 Å². The molecule has 7 heteroatoms. The molecule has 0 saturated heterocycles. The molecule has 2 aromatic rings. The van der Waals surface area contributed by atoms with E-state index in [-0.39, 0.29) is 11.9 Å². The molecule has 3 rings (SSSR count). The van der Waals surface area contributed by atoms with Crippen molar-refractivity contribution in [2.24, 2.45) is 10.7 Å². The second-order valence-electron chi connectivity index (χ2n) is 6.07. The summed E-state index contributed by atoms with van der Waals surface area (Å²) in [6.07, 6.45) is -4.41. The fourth-order valence-corrected chi connectivity index (χ4v) is 2.85. The Labute approximate surface area is 142 Å². The topological polar surface area (TPSA) is 58.7 Å². The van der Waals surface area contributed by atoms with Crippen LogP contribution in [-0.4, -0.2) is 23.8 Å². The quantitative estimate of drug-likeness (QED) is 0.905. The monoisotopic (exact) mass is 347 g/mol. The second-order valence-corrected chi connectivity index (χ2v) is 6.07. The van der Waals surface area contributed by atoms with Crippen molar-refractivity contribution in [1.82, 2.24) is 4.90 Å². The highest BCUT2D eigenvalue weighted by atomic mass is 19.4. The fourth-order valence-electron chi connectivity index (χ4n) is 2.85. The number of nitrogens with two attached hydrogens (primary N) is 1. The van der Waals surface area contributed by atoms with Gasteiger partial charge >= 0.3 is 6.18 Å². The largest absolute Gasteiger partial charge is 0.416 e. The Morgan fingerprint density at radius 2 is 1.68 bits per heavy atom. The molecule has 130 valence electrons. The van der Waals surface area contributed by atoms with E-state index < -0.39 is 17.3 Å². The lowest BCUT2D eigenvalue weighted by Crippen LogP contribution is -2.38. The summed E-state index contributed by atoms with van der Waals surface area (Å²) >= 11 is 0. The van der Waals surface area contributed by atoms with Gasteiger partial charge in [-0.3, -0.25) is 9.69 Å². The zero-order valence-corrected chi connectivity index (χ0v) is 13.6. The zero-order valence-electron chi connectivity index (χ0n) is 13.6. The number of nitrogens with zero attached hydrogens (tertiary/aromatic N) is 2. The van der Waals surface area contributed by atoms with Crippen LogP contribution in [0.4, 0.5) is 13.2 Å². The first kappa shape index (κ1) is 17.0. The minimum absolute atomic E-state index is 0.108. The number of benzene rings is 2. The fraction of sp³-hybridized carbons (Fsp3) is 0.222. The summed E-state index contributed by atoms with van der Waals surface area (Å²) in [5.41, 5.74) is 5.38. The van der Waals surface area contributed by atoms with Crippen molar-refractivity contribution in [2.75, 3.05) is 7.05 Å². The number of carbonyl (C=O) groups excluding carboxylic acids is 1. The Bertz CT molecular complexity index is 876. The van der Waals surface area contributed by atoms with Gasteiger partial charge in [0.1, 0.15) is 0 Å². The van der Waals surface area contributed by atoms with Gasteiger partial charge in [0, 0.05) is 7.05 Å². The smallest absolute Gasteiger partial charge is 0.369 e. The molecule has 1 amide bonds. The number of hydrogen-bond acceptors (Lipinski definition) is 3. The van der Waals surface area contributed by atoms with Crippen molar-refractivity contribution in [3.8, 4) is 11.1 Å². The first-order valence-corrected chi connectivity index (χ1v) is 7.54. The molecule has 0 aliphatic carbocycles. The lowest BCUT2D eigenvalue weighted by Gasteiger charge is -2.21. The van der Waals surface area contributed by atoms with Gasteiger partial charge < -0.3 is 5.73 Å². The van der Waals surface area contributed by atoms with E-state index in [4.69, 9.17) is 5.73 Å². The van der Waals surface area contributed by atoms with Crippen LogP contribution in [0.5, 0.6) is 0 Å². The Morgan fingerprint density at radius 3 is 2.24 bits per heavy atom. The molecule has 1 aliphatic heterocycles. The molecule has 2 N–H and O–H groups in total. The van der Waals surface area contributed by atoms with Crippen LogP contribution in [0, 0.1) is 0 Å². The molecule has 0 aromatic heterocycles. The van der Waals surface area contributed by atoms with Crippen molar-refractivity contribution in [3.63, 3.8) is 0 Å². The Hall–Kier alpha value is -2.83. The standard InChI is InChI=1S/C18H16F3N3O/c1-17(15(25)24(2)16(22)23-17)13-7-3-5-11(9-13)12-6-4-8-14(10-12)18(19,20)21/h3-10H,1-2H3,(H2,22,23). The lowest BCUT2D eigenvalue weighted by molar-refractivity contribution is -0.137. The highest BCUT2D eigenvalue weighted by Gasteiger charge is 2.43. The normalized spacial score (nSPS) is 20.8. The summed E-state index contributed by atoms with van der Waals surface area (Å²) in [6.45, 7) is 1.64. The molecule has 0 bridgehead atoms. The third kappa shape index (κ3) is 2.86. The molecule has 4 nitrogen and oxygen atoms in total. The Kier molecular flexibility index (Phi) is 3.82. The number of guanidine groups is 1. The van der Waals surface area contributed by atoms with Crippen molar-refractivity contribution >= 4 is 11.9 Å². The summed E-state index contributed by atoms with van der Waals surface area (Å²) in [5, 5.41) is 0. The van der Waals surface area contributed by atoms with E-state index >= 15 is 0 Å². The van der Waals surface area contributed by atoms with Crippen LogP contribution in [0.25, 0.3) is 11.1 Å². The van der Waals surface area contributed by atoms with Crippen LogP contribution >= 0.6 is 0 Å². The van der Waals surface area contributed by atoms with Crippen LogP contribution in [0.2, 0.25) is 0 Å². The van der Waals surface area contributed by atoms with Gasteiger partial charge in [0.2, 0.25) is 0 Å². The van der Waals surface area contributed by atoms with E-state index in [1.54, 1.807) is 37.3 Å². The number of amides is 1. The predicted molar refractivity (Wildman–Crippen MR) is 88.6 cm³/mol. The molecule has 0 fully saturated rings. The van der Waals surface area contributed by atoms with Crippen LogP contribution in [-0.2, 0) is 16.5 Å². The van der Waals surface area contributed by atoms with Crippen molar-refractivity contribution in [3.05, 3.63) is 59.7 Å². The maximum atomic E-state index is 12.9. The molecule has 1 unspecified atom stereocenters. The van der Waals surface area contributed by atoms with Crippen LogP contribution in [0.3, 0.4) is 0 Å². The summed E-state index contributed by atoms with van der Waals surface area (Å²) < 4.78 is 38.8. The SMILES string of the molecule is CN1C(=O)C(C)(c2cccc(-c3cccc(C(F)(F)F)c3)c2)N=C1N. The maximum absolute atomic E-state index is 12.9. The molecule has 2 aromatic carbocycles. The summed E-state index contributed by atoms with van der Waals surface area (Å²) in [6, 6.07) is 11.8. The highest BCUT2D eigenvalue weighted by Crippen LogP contribution is 2.36. The van der Waals surface area contributed by atoms with Gasteiger partial charge in [-0.2, -0.15) is 13.2 Å². The number of rotatable bonds is 2. The van der Waals surface area contributed by atoms with E-state index in [0.29, 0.717) is 16.7 Å². The van der Waals surface area contributed by atoms with Gasteiger partial charge in [-0.15, -0.1) is 0 Å². The van der Waals surface area contributed by atoms with Gasteiger partial charge in [0.25, 0.3) is 5.91 Å². The maximum Gasteiger partial charge on any atom is 0.416 e. The first-order valence-electron chi connectivity index (χ1n) is 7.54. The second kappa shape index (κ2) is 5.61. The van der Waals surface area contributed by atoms with Gasteiger partial charge in [0.15, 0.2) is 11.5 Å². The molecular formula is C18H16F3N3O. The van der Waals surface area contributed by atoms with Gasteiger partial charge in [-0.25, -0.2) is 4.99 Å². The van der Waals surface area contributed by atoms with Crippen molar-refractivity contribution in [1.29, 1.82) is 0 Å². The predicted octanol–water partition coefficient (Wildman–Crippen LogP) is 3.37. The minimum Gasteiger partial charge on any atom is -0.369 e. The molecule has 0 spiro atoms. The lowest BCUT2D eigenvalue weighted by atomic mass is 9.89. The number of halogens is 3. The van der Waals surface area contributed by atoms with Crippen LogP contribution < -0.4 is 5.73 Å². The molecule has 0 radical (unpaired) electrons. The molecule has 25 heavy (non-hydrogen) atoms. The number of aliphatic imine (C=N–C) groups is 1. The number of likely N-dealkylation sites (N-methyl/N-ethyl adjacent to an activating group) is 1. The Morgan fingerprint density at radius 1 is 1.08 bits per heavy atom. The summed E-state index contributed by atoms with van der Waals surface area (Å²) in [7, 11) is 1.53. The third-order valence-corrected chi connectivity index (χ3v) is 4.35. The van der Waals surface area contributed by atoms with Crippen LogP contribution in [0.1, 0.15) is 18.1 Å². The molecule has 1 atom stereocenters. The minimum atomic E-state index is -4.41. The van der Waals surface area contributed by atoms with E-state index in [0.717, 1.165) is 12.1 Å². The average molecular weight is 347 g/mol. The van der Waals surface area contributed by atoms with Crippen molar-refractivity contribution < 1.29 is 18.0 Å². The van der Waals surface area contributed by atoms with Gasteiger partial charge in [-0.1, -0.05) is 30.3 Å². The van der Waals surface area contributed by atoms with Gasteiger partial charge in [-0.05, 0) is 41.8 Å². The number of hydrogen-bond donors (Lipinski definition) is 1. The number of carbonyl (C=O) groups is 1. The summed E-state index contributed by atoms with van der Waals surface area (Å²) in [4.78, 5) is 17.9. The third-order valence-electron chi connectivity index (χ3n) is 4.35. The average Bonchev–Trinajstić information content (AvgIpc) is 2.78. The molecule has 0 saturated carbocycles. The number of alkyl halides is 3. The van der Waals surface area contributed by atoms with Gasteiger partial charge in [0.05, 0.1) is 5.56 Å². The zero-order chi connectivity index (χ0) is 18.4. The van der Waals surface area contributed by atoms with E-state index in [1.165, 1.54) is 18.0 Å². The highest BCUT2D eigenvalue weighted by molar-refractivity contribution is 6.06. The first-order chi connectivity index (χ1) is 11.6.